The number of para-hydroxylation sites is 1. The molecule has 0 aliphatic heterocycles. The summed E-state index contributed by atoms with van der Waals surface area (Å²) in [5.41, 5.74) is 7.23. The molecule has 0 aliphatic carbocycles. The van der Waals surface area contributed by atoms with Crippen molar-refractivity contribution in [1.82, 2.24) is 0 Å². The molecule has 2 aromatic carbocycles. The number of benzene rings is 2. The molecule has 4 N–H and O–H groups in total. The molecule has 1 atom stereocenters. The molecular weight excluding hydrogens is 284 g/mol. The van der Waals surface area contributed by atoms with E-state index in [0.717, 1.165) is 16.1 Å². The van der Waals surface area contributed by atoms with Crippen LogP contribution in [0.5, 0.6) is 5.75 Å². The van der Waals surface area contributed by atoms with Crippen molar-refractivity contribution in [1.29, 1.82) is 0 Å². The summed E-state index contributed by atoms with van der Waals surface area (Å²) in [6.07, 6.45) is 0. The normalized spacial score (nSPS) is 11.9. The van der Waals surface area contributed by atoms with E-state index in [1.54, 1.807) is 12.1 Å². The molecule has 0 bridgehead atoms. The van der Waals surface area contributed by atoms with E-state index in [9.17, 15) is 9.90 Å². The van der Waals surface area contributed by atoms with E-state index in [0.29, 0.717) is 0 Å². The number of anilines is 1. The number of nitrogens with one attached hydrogen (secondary N) is 1. The molecule has 0 radical (unpaired) electrons. The van der Waals surface area contributed by atoms with Gasteiger partial charge in [-0.25, -0.2) is 0 Å². The van der Waals surface area contributed by atoms with Crippen molar-refractivity contribution in [3.8, 4) is 5.75 Å². The minimum atomic E-state index is -0.332. The van der Waals surface area contributed by atoms with Crippen molar-refractivity contribution in [2.45, 2.75) is 17.9 Å². The van der Waals surface area contributed by atoms with E-state index >= 15 is 0 Å². The van der Waals surface area contributed by atoms with Crippen molar-refractivity contribution < 1.29 is 9.90 Å². The summed E-state index contributed by atoms with van der Waals surface area (Å²) >= 11 is 1.42. The Bertz CT molecular complexity index is 614. The second kappa shape index (κ2) is 7.04. The molecule has 2 aromatic rings. The number of thioether (sulfide) groups is 1. The van der Waals surface area contributed by atoms with Crippen LogP contribution in [0, 0.1) is 0 Å². The maximum atomic E-state index is 10.9. The smallest absolute Gasteiger partial charge is 0.227 e. The zero-order chi connectivity index (χ0) is 15.2. The van der Waals surface area contributed by atoms with Crippen LogP contribution in [-0.4, -0.2) is 16.8 Å². The first-order chi connectivity index (χ1) is 10.1. The number of phenolic OH excluding ortho intramolecular Hbond substituents is 1. The molecule has 1 unspecified atom stereocenters. The lowest BCUT2D eigenvalue weighted by Crippen LogP contribution is -2.13. The van der Waals surface area contributed by atoms with E-state index in [1.807, 2.05) is 43.3 Å². The number of phenols is 1. The summed E-state index contributed by atoms with van der Waals surface area (Å²) in [6.45, 7) is 2.04. The molecule has 0 saturated carbocycles. The van der Waals surface area contributed by atoms with Gasteiger partial charge in [-0.05, 0) is 36.8 Å². The molecule has 21 heavy (non-hydrogen) atoms. The average molecular weight is 302 g/mol. The molecule has 2 rings (SSSR count). The lowest BCUT2D eigenvalue weighted by atomic mass is 10.1. The van der Waals surface area contributed by atoms with E-state index < -0.39 is 0 Å². The van der Waals surface area contributed by atoms with E-state index in [-0.39, 0.29) is 23.5 Å². The van der Waals surface area contributed by atoms with Gasteiger partial charge in [-0.1, -0.05) is 24.3 Å². The van der Waals surface area contributed by atoms with Gasteiger partial charge >= 0.3 is 0 Å². The summed E-state index contributed by atoms with van der Waals surface area (Å²) in [5.74, 6) is 0.177. The molecule has 5 heteroatoms. The summed E-state index contributed by atoms with van der Waals surface area (Å²) in [7, 11) is 0. The van der Waals surface area contributed by atoms with Crippen LogP contribution < -0.4 is 11.1 Å². The molecule has 0 fully saturated rings. The summed E-state index contributed by atoms with van der Waals surface area (Å²) in [4.78, 5) is 11.9. The predicted octanol–water partition coefficient (Wildman–Crippen LogP) is 3.14. The number of nitrogens with two attached hydrogens (primary N) is 1. The van der Waals surface area contributed by atoms with Crippen molar-refractivity contribution in [3.05, 3.63) is 54.1 Å². The fourth-order valence-electron chi connectivity index (χ4n) is 1.94. The van der Waals surface area contributed by atoms with Crippen LogP contribution in [0.2, 0.25) is 0 Å². The van der Waals surface area contributed by atoms with E-state index in [2.05, 4.69) is 5.32 Å². The SMILES string of the molecule is CC(Nc1ccccc1SCC(N)=O)c1ccc(O)cc1. The summed E-state index contributed by atoms with van der Waals surface area (Å²) < 4.78 is 0. The van der Waals surface area contributed by atoms with Gasteiger partial charge in [-0.15, -0.1) is 11.8 Å². The number of carbonyl (C=O) groups is 1. The van der Waals surface area contributed by atoms with Crippen LogP contribution in [0.4, 0.5) is 5.69 Å². The van der Waals surface area contributed by atoms with Crippen molar-refractivity contribution in [2.75, 3.05) is 11.1 Å². The molecule has 4 nitrogen and oxygen atoms in total. The van der Waals surface area contributed by atoms with Gasteiger partial charge in [0.1, 0.15) is 5.75 Å². The maximum absolute atomic E-state index is 10.9. The van der Waals surface area contributed by atoms with Crippen LogP contribution in [0.15, 0.2) is 53.4 Å². The Balaban J connectivity index is 2.11. The fraction of sp³-hybridized carbons (Fsp3) is 0.188. The van der Waals surface area contributed by atoms with E-state index in [4.69, 9.17) is 5.73 Å². The topological polar surface area (TPSA) is 75.3 Å². The van der Waals surface area contributed by atoms with Crippen molar-refractivity contribution >= 4 is 23.4 Å². The van der Waals surface area contributed by atoms with Gasteiger partial charge < -0.3 is 16.2 Å². The van der Waals surface area contributed by atoms with Crippen LogP contribution >= 0.6 is 11.8 Å². The fourth-order valence-corrected chi connectivity index (χ4v) is 2.70. The van der Waals surface area contributed by atoms with Gasteiger partial charge in [0.2, 0.25) is 5.91 Å². The maximum Gasteiger partial charge on any atom is 0.227 e. The zero-order valence-electron chi connectivity index (χ0n) is 11.7. The van der Waals surface area contributed by atoms with Crippen LogP contribution in [0.3, 0.4) is 0 Å². The minimum absolute atomic E-state index is 0.0842. The molecule has 0 heterocycles. The molecule has 1 amide bonds. The first-order valence-corrected chi connectivity index (χ1v) is 7.60. The predicted molar refractivity (Wildman–Crippen MR) is 86.5 cm³/mol. The Morgan fingerprint density at radius 2 is 1.90 bits per heavy atom. The highest BCUT2D eigenvalue weighted by molar-refractivity contribution is 8.00. The first-order valence-electron chi connectivity index (χ1n) is 6.62. The van der Waals surface area contributed by atoms with E-state index in [1.165, 1.54) is 11.8 Å². The van der Waals surface area contributed by atoms with Gasteiger partial charge in [-0.2, -0.15) is 0 Å². The quantitative estimate of drug-likeness (QED) is 0.717. The van der Waals surface area contributed by atoms with Gasteiger partial charge in [0, 0.05) is 16.6 Å². The summed E-state index contributed by atoms with van der Waals surface area (Å²) in [5, 5.41) is 12.7. The van der Waals surface area contributed by atoms with Crippen molar-refractivity contribution in [2.24, 2.45) is 5.73 Å². The Morgan fingerprint density at radius 3 is 2.57 bits per heavy atom. The molecule has 0 spiro atoms. The molecule has 0 saturated heterocycles. The number of aromatic hydroxyl groups is 1. The second-order valence-corrected chi connectivity index (χ2v) is 5.73. The number of hydrogen-bond donors (Lipinski definition) is 3. The van der Waals surface area contributed by atoms with Gasteiger partial charge in [0.25, 0.3) is 0 Å². The lowest BCUT2D eigenvalue weighted by Gasteiger charge is -2.18. The van der Waals surface area contributed by atoms with Crippen LogP contribution in [-0.2, 0) is 4.79 Å². The minimum Gasteiger partial charge on any atom is -0.508 e. The second-order valence-electron chi connectivity index (χ2n) is 4.71. The Morgan fingerprint density at radius 1 is 1.24 bits per heavy atom. The summed E-state index contributed by atoms with van der Waals surface area (Å²) in [6, 6.07) is 15.0. The number of carbonyl (C=O) groups excluding carboxylic acids is 1. The average Bonchev–Trinajstić information content (AvgIpc) is 2.47. The third-order valence-corrected chi connectivity index (χ3v) is 4.12. The van der Waals surface area contributed by atoms with Gasteiger partial charge in [0.15, 0.2) is 0 Å². The Hall–Kier alpha value is -2.14. The molecule has 110 valence electrons. The van der Waals surface area contributed by atoms with Crippen LogP contribution in [0.1, 0.15) is 18.5 Å². The first kappa shape index (κ1) is 15.3. The number of hydrogen-bond acceptors (Lipinski definition) is 4. The highest BCUT2D eigenvalue weighted by Gasteiger charge is 2.09. The number of primary amides is 1. The molecular formula is C16H18N2O2S. The Kier molecular flexibility index (Phi) is 5.11. The van der Waals surface area contributed by atoms with Crippen molar-refractivity contribution in [3.63, 3.8) is 0 Å². The number of amides is 1. The van der Waals surface area contributed by atoms with Crippen LogP contribution in [0.25, 0.3) is 0 Å². The lowest BCUT2D eigenvalue weighted by molar-refractivity contribution is -0.115. The standard InChI is InChI=1S/C16H18N2O2S/c1-11(12-6-8-13(19)9-7-12)18-14-4-2-3-5-15(14)21-10-16(17)20/h2-9,11,18-19H,10H2,1H3,(H2,17,20). The van der Waals surface area contributed by atoms with Gasteiger partial charge in [-0.3, -0.25) is 4.79 Å². The van der Waals surface area contributed by atoms with Gasteiger partial charge in [0.05, 0.1) is 5.75 Å². The zero-order valence-corrected chi connectivity index (χ0v) is 12.6. The number of rotatable bonds is 6. The monoisotopic (exact) mass is 302 g/mol. The highest BCUT2D eigenvalue weighted by atomic mass is 32.2. The molecule has 0 aromatic heterocycles. The largest absolute Gasteiger partial charge is 0.508 e. The molecule has 0 aliphatic rings. The third-order valence-electron chi connectivity index (χ3n) is 3.02. The third kappa shape index (κ3) is 4.43. The highest BCUT2D eigenvalue weighted by Crippen LogP contribution is 2.30. The Labute approximate surface area is 128 Å².